The zero-order chi connectivity index (χ0) is 13.3. The van der Waals surface area contributed by atoms with Crippen molar-refractivity contribution in [1.29, 1.82) is 0 Å². The summed E-state index contributed by atoms with van der Waals surface area (Å²) in [6, 6.07) is 1.19. The largest absolute Gasteiger partial charge is 0.377 e. The van der Waals surface area contributed by atoms with Gasteiger partial charge in [0.1, 0.15) is 0 Å². The predicted molar refractivity (Wildman–Crippen MR) is 75.6 cm³/mol. The molecule has 0 saturated heterocycles. The average molecular weight is 244 g/mol. The second-order valence-electron chi connectivity index (χ2n) is 5.41. The molecule has 0 aliphatic carbocycles. The van der Waals surface area contributed by atoms with Gasteiger partial charge in [0, 0.05) is 25.2 Å². The zero-order valence-corrected chi connectivity index (χ0v) is 12.6. The van der Waals surface area contributed by atoms with E-state index in [4.69, 9.17) is 4.74 Å². The number of hydrogen-bond acceptors (Lipinski definition) is 3. The van der Waals surface area contributed by atoms with Gasteiger partial charge in [-0.15, -0.1) is 0 Å². The van der Waals surface area contributed by atoms with Crippen molar-refractivity contribution in [3.8, 4) is 0 Å². The lowest BCUT2D eigenvalue weighted by Gasteiger charge is -2.29. The molecule has 1 unspecified atom stereocenters. The average Bonchev–Trinajstić information content (AvgIpc) is 2.23. The van der Waals surface area contributed by atoms with Crippen LogP contribution in [0.25, 0.3) is 0 Å². The maximum atomic E-state index is 5.60. The van der Waals surface area contributed by atoms with Crippen LogP contribution < -0.4 is 5.32 Å². The first kappa shape index (κ1) is 16.9. The second kappa shape index (κ2) is 9.86. The fraction of sp³-hybridized carbons (Fsp3) is 1.00. The van der Waals surface area contributed by atoms with E-state index in [0.717, 1.165) is 19.7 Å². The minimum absolute atomic E-state index is 0.335. The van der Waals surface area contributed by atoms with Crippen LogP contribution in [-0.4, -0.2) is 49.8 Å². The fourth-order valence-corrected chi connectivity index (χ4v) is 1.80. The van der Waals surface area contributed by atoms with Crippen LogP contribution in [-0.2, 0) is 4.74 Å². The molecular formula is C14H32N2O. The summed E-state index contributed by atoms with van der Waals surface area (Å²) >= 11 is 0. The van der Waals surface area contributed by atoms with E-state index in [-0.39, 0.29) is 0 Å². The van der Waals surface area contributed by atoms with Gasteiger partial charge in [-0.25, -0.2) is 0 Å². The summed E-state index contributed by atoms with van der Waals surface area (Å²) in [5, 5.41) is 3.53. The lowest BCUT2D eigenvalue weighted by Crippen LogP contribution is -2.43. The van der Waals surface area contributed by atoms with Gasteiger partial charge in [0.15, 0.2) is 0 Å². The van der Waals surface area contributed by atoms with Crippen molar-refractivity contribution in [2.45, 2.75) is 65.6 Å². The summed E-state index contributed by atoms with van der Waals surface area (Å²) < 4.78 is 5.60. The molecule has 0 fully saturated rings. The van der Waals surface area contributed by atoms with Gasteiger partial charge in [-0.1, -0.05) is 27.2 Å². The normalized spacial score (nSPS) is 13.9. The maximum absolute atomic E-state index is 5.60. The third-order valence-corrected chi connectivity index (χ3v) is 2.90. The van der Waals surface area contributed by atoms with Crippen LogP contribution in [0.15, 0.2) is 0 Å². The summed E-state index contributed by atoms with van der Waals surface area (Å²) in [6.07, 6.45) is 2.82. The Morgan fingerprint density at radius 1 is 1.18 bits per heavy atom. The van der Waals surface area contributed by atoms with Gasteiger partial charge in [0.05, 0.1) is 12.7 Å². The van der Waals surface area contributed by atoms with Crippen LogP contribution in [0.4, 0.5) is 0 Å². The molecule has 0 amide bonds. The van der Waals surface area contributed by atoms with Gasteiger partial charge in [0.2, 0.25) is 0 Å². The summed E-state index contributed by atoms with van der Waals surface area (Å²) in [4.78, 5) is 2.42. The molecule has 0 aromatic heterocycles. The molecule has 0 aromatic rings. The van der Waals surface area contributed by atoms with Crippen LogP contribution in [0.1, 0.15) is 47.5 Å². The summed E-state index contributed by atoms with van der Waals surface area (Å²) in [7, 11) is 2.20. The SMILES string of the molecule is CCCC(CNC(C)C)N(C)CCOC(C)C. The Hall–Kier alpha value is -0.120. The highest BCUT2D eigenvalue weighted by Crippen LogP contribution is 2.04. The molecule has 3 nitrogen and oxygen atoms in total. The maximum Gasteiger partial charge on any atom is 0.0596 e. The molecule has 17 heavy (non-hydrogen) atoms. The number of nitrogens with one attached hydrogen (secondary N) is 1. The Morgan fingerprint density at radius 3 is 2.29 bits per heavy atom. The lowest BCUT2D eigenvalue weighted by atomic mass is 10.1. The van der Waals surface area contributed by atoms with E-state index in [1.165, 1.54) is 12.8 Å². The molecule has 0 bridgehead atoms. The van der Waals surface area contributed by atoms with Crippen LogP contribution in [0.3, 0.4) is 0 Å². The molecule has 0 aliphatic rings. The standard InChI is InChI=1S/C14H32N2O/c1-7-8-14(11-15-12(2)3)16(6)9-10-17-13(4)5/h12-15H,7-11H2,1-6H3. The quantitative estimate of drug-likeness (QED) is 0.639. The van der Waals surface area contributed by atoms with Crippen LogP contribution >= 0.6 is 0 Å². The lowest BCUT2D eigenvalue weighted by molar-refractivity contribution is 0.0546. The van der Waals surface area contributed by atoms with E-state index in [9.17, 15) is 0 Å². The summed E-state index contributed by atoms with van der Waals surface area (Å²) in [5.74, 6) is 0. The first-order valence-electron chi connectivity index (χ1n) is 7.02. The molecule has 1 atom stereocenters. The Labute approximate surface area is 108 Å². The molecule has 0 rings (SSSR count). The van der Waals surface area contributed by atoms with Crippen molar-refractivity contribution in [1.82, 2.24) is 10.2 Å². The van der Waals surface area contributed by atoms with Gasteiger partial charge in [0.25, 0.3) is 0 Å². The smallest absolute Gasteiger partial charge is 0.0596 e. The van der Waals surface area contributed by atoms with E-state index in [2.05, 4.69) is 51.9 Å². The van der Waals surface area contributed by atoms with Crippen LogP contribution in [0.2, 0.25) is 0 Å². The van der Waals surface area contributed by atoms with E-state index in [1.54, 1.807) is 0 Å². The molecule has 3 heteroatoms. The minimum atomic E-state index is 0.335. The van der Waals surface area contributed by atoms with Crippen molar-refractivity contribution in [2.75, 3.05) is 26.7 Å². The fourth-order valence-electron chi connectivity index (χ4n) is 1.80. The number of ether oxygens (including phenoxy) is 1. The number of likely N-dealkylation sites (N-methyl/N-ethyl adjacent to an activating group) is 1. The monoisotopic (exact) mass is 244 g/mol. The molecule has 0 saturated carbocycles. The van der Waals surface area contributed by atoms with Gasteiger partial charge in [-0.2, -0.15) is 0 Å². The van der Waals surface area contributed by atoms with Crippen LogP contribution in [0.5, 0.6) is 0 Å². The van der Waals surface area contributed by atoms with Crippen molar-refractivity contribution < 1.29 is 4.74 Å². The van der Waals surface area contributed by atoms with E-state index in [1.807, 2.05) is 0 Å². The number of hydrogen-bond donors (Lipinski definition) is 1. The second-order valence-corrected chi connectivity index (χ2v) is 5.41. The van der Waals surface area contributed by atoms with Gasteiger partial charge >= 0.3 is 0 Å². The van der Waals surface area contributed by atoms with E-state index in [0.29, 0.717) is 18.2 Å². The van der Waals surface area contributed by atoms with Crippen molar-refractivity contribution in [2.24, 2.45) is 0 Å². The first-order valence-corrected chi connectivity index (χ1v) is 7.02. The van der Waals surface area contributed by atoms with E-state index < -0.39 is 0 Å². The summed E-state index contributed by atoms with van der Waals surface area (Å²) in [6.45, 7) is 13.7. The Kier molecular flexibility index (Phi) is 9.79. The highest BCUT2D eigenvalue weighted by atomic mass is 16.5. The van der Waals surface area contributed by atoms with Gasteiger partial charge < -0.3 is 10.1 Å². The molecule has 0 radical (unpaired) electrons. The molecular weight excluding hydrogens is 212 g/mol. The predicted octanol–water partition coefficient (Wildman–Crippen LogP) is 2.51. The minimum Gasteiger partial charge on any atom is -0.377 e. The highest BCUT2D eigenvalue weighted by molar-refractivity contribution is 4.72. The highest BCUT2D eigenvalue weighted by Gasteiger charge is 2.13. The van der Waals surface area contributed by atoms with E-state index >= 15 is 0 Å². The molecule has 0 spiro atoms. The summed E-state index contributed by atoms with van der Waals surface area (Å²) in [5.41, 5.74) is 0. The number of nitrogens with zero attached hydrogens (tertiary/aromatic N) is 1. The molecule has 1 N–H and O–H groups in total. The van der Waals surface area contributed by atoms with Crippen molar-refractivity contribution in [3.05, 3.63) is 0 Å². The third kappa shape index (κ3) is 9.57. The first-order chi connectivity index (χ1) is 7.97. The van der Waals surface area contributed by atoms with Crippen LogP contribution in [0, 0.1) is 0 Å². The Balaban J connectivity index is 3.91. The molecule has 104 valence electrons. The third-order valence-electron chi connectivity index (χ3n) is 2.90. The Bertz CT molecular complexity index is 172. The topological polar surface area (TPSA) is 24.5 Å². The van der Waals surface area contributed by atoms with Crippen molar-refractivity contribution >= 4 is 0 Å². The van der Waals surface area contributed by atoms with Gasteiger partial charge in [-0.05, 0) is 27.3 Å². The van der Waals surface area contributed by atoms with Crippen molar-refractivity contribution in [3.63, 3.8) is 0 Å². The van der Waals surface area contributed by atoms with Gasteiger partial charge in [-0.3, -0.25) is 4.90 Å². The Morgan fingerprint density at radius 2 is 1.82 bits per heavy atom. The molecule has 0 aliphatic heterocycles. The zero-order valence-electron chi connectivity index (χ0n) is 12.6. The molecule has 0 aromatic carbocycles. The molecule has 0 heterocycles. The number of rotatable bonds is 10.